The van der Waals surface area contributed by atoms with Crippen LogP contribution in [0, 0.1) is 0 Å². The Morgan fingerprint density at radius 1 is 0.935 bits per heavy atom. The summed E-state index contributed by atoms with van der Waals surface area (Å²) in [7, 11) is 1.78. The smallest absolute Gasteiger partial charge is 0.344 e. The molecular weight excluding hydrogens is 394 g/mol. The number of carbonyl (C=O) groups excluding carboxylic acids is 3. The van der Waals surface area contributed by atoms with Gasteiger partial charge in [-0.25, -0.2) is 4.79 Å². The van der Waals surface area contributed by atoms with Crippen molar-refractivity contribution in [3.8, 4) is 5.75 Å². The SMILES string of the molecule is C[C@H](OC(=O)COc1ccc(C(=O)c2ccccc2)cc1)C(=O)N(C)C1CCCCC1. The lowest BCUT2D eigenvalue weighted by Gasteiger charge is -2.32. The van der Waals surface area contributed by atoms with Crippen molar-refractivity contribution in [1.82, 2.24) is 4.90 Å². The Morgan fingerprint density at radius 2 is 1.55 bits per heavy atom. The Balaban J connectivity index is 1.46. The molecule has 2 aromatic rings. The first-order chi connectivity index (χ1) is 15.0. The zero-order valence-electron chi connectivity index (χ0n) is 18.1. The first-order valence-corrected chi connectivity index (χ1v) is 10.7. The van der Waals surface area contributed by atoms with Gasteiger partial charge in [-0.2, -0.15) is 0 Å². The van der Waals surface area contributed by atoms with Crippen molar-refractivity contribution in [1.29, 1.82) is 0 Å². The van der Waals surface area contributed by atoms with Crippen molar-refractivity contribution in [3.05, 3.63) is 65.7 Å². The highest BCUT2D eigenvalue weighted by molar-refractivity contribution is 6.08. The summed E-state index contributed by atoms with van der Waals surface area (Å²) in [5.41, 5.74) is 1.14. The second-order valence-corrected chi connectivity index (χ2v) is 7.88. The topological polar surface area (TPSA) is 72.9 Å². The predicted octanol–water partition coefficient (Wildman–Crippen LogP) is 4.02. The third-order valence-corrected chi connectivity index (χ3v) is 5.64. The molecule has 1 aliphatic carbocycles. The maximum Gasteiger partial charge on any atom is 0.344 e. The molecule has 1 saturated carbocycles. The van der Waals surface area contributed by atoms with Crippen LogP contribution in [0.3, 0.4) is 0 Å². The molecule has 1 atom stereocenters. The van der Waals surface area contributed by atoms with Gasteiger partial charge in [0.05, 0.1) is 0 Å². The summed E-state index contributed by atoms with van der Waals surface area (Å²) in [6.45, 7) is 1.28. The summed E-state index contributed by atoms with van der Waals surface area (Å²) in [6.07, 6.45) is 4.60. The van der Waals surface area contributed by atoms with Crippen LogP contribution in [0.4, 0.5) is 0 Å². The highest BCUT2D eigenvalue weighted by Crippen LogP contribution is 2.22. The van der Waals surface area contributed by atoms with E-state index in [1.807, 2.05) is 18.2 Å². The van der Waals surface area contributed by atoms with E-state index in [1.165, 1.54) is 6.42 Å². The van der Waals surface area contributed by atoms with Gasteiger partial charge >= 0.3 is 5.97 Å². The summed E-state index contributed by atoms with van der Waals surface area (Å²) < 4.78 is 10.7. The number of amides is 1. The van der Waals surface area contributed by atoms with Crippen LogP contribution in [-0.2, 0) is 14.3 Å². The number of carbonyl (C=O) groups is 3. The average molecular weight is 424 g/mol. The van der Waals surface area contributed by atoms with Gasteiger partial charge in [-0.1, -0.05) is 49.6 Å². The van der Waals surface area contributed by atoms with Crippen molar-refractivity contribution in [2.75, 3.05) is 13.7 Å². The molecule has 0 radical (unpaired) electrons. The van der Waals surface area contributed by atoms with Crippen LogP contribution in [0.5, 0.6) is 5.75 Å². The van der Waals surface area contributed by atoms with E-state index >= 15 is 0 Å². The largest absolute Gasteiger partial charge is 0.482 e. The zero-order chi connectivity index (χ0) is 22.2. The van der Waals surface area contributed by atoms with E-state index in [0.29, 0.717) is 16.9 Å². The van der Waals surface area contributed by atoms with Crippen molar-refractivity contribution < 1.29 is 23.9 Å². The van der Waals surface area contributed by atoms with Crippen LogP contribution in [0.1, 0.15) is 54.9 Å². The van der Waals surface area contributed by atoms with Crippen LogP contribution in [0.2, 0.25) is 0 Å². The monoisotopic (exact) mass is 423 g/mol. The molecule has 3 rings (SSSR count). The summed E-state index contributed by atoms with van der Waals surface area (Å²) >= 11 is 0. The normalized spacial score (nSPS) is 15.0. The minimum absolute atomic E-state index is 0.0824. The number of esters is 1. The fourth-order valence-corrected chi connectivity index (χ4v) is 3.82. The predicted molar refractivity (Wildman–Crippen MR) is 117 cm³/mol. The number of ketones is 1. The van der Waals surface area contributed by atoms with Gasteiger partial charge in [0, 0.05) is 24.2 Å². The first-order valence-electron chi connectivity index (χ1n) is 10.7. The molecule has 6 nitrogen and oxygen atoms in total. The van der Waals surface area contributed by atoms with E-state index in [9.17, 15) is 14.4 Å². The van der Waals surface area contributed by atoms with Crippen LogP contribution in [-0.4, -0.2) is 48.4 Å². The van der Waals surface area contributed by atoms with E-state index in [0.717, 1.165) is 25.7 Å². The summed E-state index contributed by atoms with van der Waals surface area (Å²) in [4.78, 5) is 38.8. The molecular formula is C25H29NO5. The summed E-state index contributed by atoms with van der Waals surface area (Å²) in [6, 6.07) is 15.8. The number of hydrogen-bond acceptors (Lipinski definition) is 5. The maximum atomic E-state index is 12.5. The molecule has 6 heteroatoms. The molecule has 0 saturated heterocycles. The quantitative estimate of drug-likeness (QED) is 0.474. The van der Waals surface area contributed by atoms with E-state index in [-0.39, 0.29) is 24.3 Å². The van der Waals surface area contributed by atoms with Crippen LogP contribution in [0.25, 0.3) is 0 Å². The van der Waals surface area contributed by atoms with Crippen LogP contribution < -0.4 is 4.74 Å². The molecule has 0 unspecified atom stereocenters. The van der Waals surface area contributed by atoms with Crippen LogP contribution in [0.15, 0.2) is 54.6 Å². The minimum atomic E-state index is -0.853. The second kappa shape index (κ2) is 10.8. The Hall–Kier alpha value is -3.15. The molecule has 0 bridgehead atoms. The third kappa shape index (κ3) is 6.17. The molecule has 0 N–H and O–H groups in total. The maximum absolute atomic E-state index is 12.5. The molecule has 1 aliphatic rings. The third-order valence-electron chi connectivity index (χ3n) is 5.64. The van der Waals surface area contributed by atoms with Gasteiger partial charge in [0.25, 0.3) is 5.91 Å². The van der Waals surface area contributed by atoms with Crippen molar-refractivity contribution >= 4 is 17.7 Å². The zero-order valence-corrected chi connectivity index (χ0v) is 18.1. The Morgan fingerprint density at radius 3 is 2.19 bits per heavy atom. The average Bonchev–Trinajstić information content (AvgIpc) is 2.82. The van der Waals surface area contributed by atoms with Gasteiger partial charge in [-0.05, 0) is 44.0 Å². The van der Waals surface area contributed by atoms with Gasteiger partial charge in [0.15, 0.2) is 18.5 Å². The Labute approximate surface area is 183 Å². The molecule has 0 aromatic heterocycles. The van der Waals surface area contributed by atoms with E-state index in [4.69, 9.17) is 9.47 Å². The van der Waals surface area contributed by atoms with Gasteiger partial charge in [0.1, 0.15) is 5.75 Å². The van der Waals surface area contributed by atoms with E-state index in [2.05, 4.69) is 0 Å². The number of benzene rings is 2. The number of likely N-dealkylation sites (N-methyl/N-ethyl adjacent to an activating group) is 1. The Kier molecular flexibility index (Phi) is 7.82. The lowest BCUT2D eigenvalue weighted by molar-refractivity contribution is -0.161. The van der Waals surface area contributed by atoms with E-state index < -0.39 is 12.1 Å². The molecule has 1 fully saturated rings. The number of ether oxygens (including phenoxy) is 2. The summed E-state index contributed by atoms with van der Waals surface area (Å²) in [5.74, 6) is -0.438. The number of hydrogen-bond donors (Lipinski definition) is 0. The van der Waals surface area contributed by atoms with Crippen molar-refractivity contribution in [2.24, 2.45) is 0 Å². The standard InChI is InChI=1S/C25H29NO5/c1-18(25(29)26(2)21-11-7-4-8-12-21)31-23(27)17-30-22-15-13-20(14-16-22)24(28)19-9-5-3-6-10-19/h3,5-6,9-10,13-16,18,21H,4,7-8,11-12,17H2,1-2H3/t18-/m0/s1. The van der Waals surface area contributed by atoms with E-state index in [1.54, 1.807) is 55.3 Å². The highest BCUT2D eigenvalue weighted by Gasteiger charge is 2.27. The molecule has 164 valence electrons. The fraction of sp³-hybridized carbons (Fsp3) is 0.400. The number of nitrogens with zero attached hydrogens (tertiary/aromatic N) is 1. The lowest BCUT2D eigenvalue weighted by atomic mass is 9.94. The van der Waals surface area contributed by atoms with Gasteiger partial charge in [-0.15, -0.1) is 0 Å². The van der Waals surface area contributed by atoms with Gasteiger partial charge in [-0.3, -0.25) is 9.59 Å². The van der Waals surface area contributed by atoms with Crippen LogP contribution >= 0.6 is 0 Å². The highest BCUT2D eigenvalue weighted by atomic mass is 16.6. The minimum Gasteiger partial charge on any atom is -0.482 e. The molecule has 0 aliphatic heterocycles. The van der Waals surface area contributed by atoms with Gasteiger partial charge in [0.2, 0.25) is 0 Å². The molecule has 0 heterocycles. The van der Waals surface area contributed by atoms with Crippen molar-refractivity contribution in [2.45, 2.75) is 51.2 Å². The first kappa shape index (κ1) is 22.5. The number of rotatable bonds is 8. The second-order valence-electron chi connectivity index (χ2n) is 7.88. The Bertz CT molecular complexity index is 888. The van der Waals surface area contributed by atoms with Crippen molar-refractivity contribution in [3.63, 3.8) is 0 Å². The molecule has 0 spiro atoms. The molecule has 1 amide bonds. The fourth-order valence-electron chi connectivity index (χ4n) is 3.82. The lowest BCUT2D eigenvalue weighted by Crippen LogP contribution is -2.44. The summed E-state index contributed by atoms with van der Waals surface area (Å²) in [5, 5.41) is 0. The molecule has 31 heavy (non-hydrogen) atoms. The molecule has 2 aromatic carbocycles. The van der Waals surface area contributed by atoms with Gasteiger partial charge < -0.3 is 14.4 Å².